The molecule has 5 nitrogen and oxygen atoms in total. The zero-order valence-corrected chi connectivity index (χ0v) is 7.93. The largest absolute Gasteiger partial charge is 0.478 e. The third-order valence-electron chi connectivity index (χ3n) is 1.70. The quantitative estimate of drug-likeness (QED) is 0.561. The summed E-state index contributed by atoms with van der Waals surface area (Å²) in [5.41, 5.74) is -0.199. The molecule has 1 aromatic rings. The minimum absolute atomic E-state index is 0.171. The molecule has 0 aliphatic carbocycles. The molecule has 2 N–H and O–H groups in total. The zero-order valence-electron chi connectivity index (χ0n) is 7.93. The Kier molecular flexibility index (Phi) is 3.41. The zero-order chi connectivity index (χ0) is 12.1. The highest BCUT2D eigenvalue weighted by molar-refractivity contribution is 5.94. The first kappa shape index (κ1) is 11.5. The van der Waals surface area contributed by atoms with E-state index in [4.69, 9.17) is 10.2 Å². The van der Waals surface area contributed by atoms with Gasteiger partial charge < -0.3 is 10.2 Å². The van der Waals surface area contributed by atoms with Crippen molar-refractivity contribution in [2.45, 2.75) is 0 Å². The van der Waals surface area contributed by atoms with Gasteiger partial charge in [-0.15, -0.1) is 0 Å². The lowest BCUT2D eigenvalue weighted by molar-refractivity contribution is -0.103. The molecule has 0 bridgehead atoms. The first-order chi connectivity index (χ1) is 7.54. The highest BCUT2D eigenvalue weighted by atomic mass is 16.4. The minimum Gasteiger partial charge on any atom is -0.478 e. The Morgan fingerprint density at radius 3 is 1.94 bits per heavy atom. The number of carboxylic acid groups (broad SMARTS) is 2. The summed E-state index contributed by atoms with van der Waals surface area (Å²) in [5, 5.41) is 17.5. The van der Waals surface area contributed by atoms with Crippen LogP contribution in [-0.4, -0.2) is 28.4 Å². The number of carbonyl (C=O) groups is 3. The molecule has 0 amide bonds. The van der Waals surface area contributed by atoms with Crippen molar-refractivity contribution >= 4 is 18.2 Å². The van der Waals surface area contributed by atoms with Crippen LogP contribution < -0.4 is 0 Å². The van der Waals surface area contributed by atoms with Gasteiger partial charge in [0.1, 0.15) is 0 Å². The summed E-state index contributed by atoms with van der Waals surface area (Å²) in [6, 6.07) is 3.42. The molecule has 0 atom stereocenters. The molecule has 5 heteroatoms. The molecule has 0 spiro atoms. The third-order valence-corrected chi connectivity index (χ3v) is 1.70. The van der Waals surface area contributed by atoms with E-state index in [0.717, 1.165) is 6.07 Å². The van der Waals surface area contributed by atoms with Crippen molar-refractivity contribution in [2.24, 2.45) is 0 Å². The van der Waals surface area contributed by atoms with Crippen LogP contribution in [0.15, 0.2) is 18.2 Å². The van der Waals surface area contributed by atoms with Gasteiger partial charge in [-0.05, 0) is 24.1 Å². The van der Waals surface area contributed by atoms with Crippen molar-refractivity contribution in [1.29, 1.82) is 0 Å². The van der Waals surface area contributed by atoms with Gasteiger partial charge in [0.15, 0.2) is 6.29 Å². The average Bonchev–Trinajstić information content (AvgIpc) is 2.25. The van der Waals surface area contributed by atoms with Crippen LogP contribution in [0.3, 0.4) is 0 Å². The number of aromatic carboxylic acids is 2. The molecule has 0 aromatic heterocycles. The standard InChI is InChI=1S/C11H6O5/c12-3-1-2-7-4-8(10(13)14)6-9(5-7)11(15)16/h3-6H,(H,13,14)(H,15,16). The normalized spacial score (nSPS) is 8.75. The number of hydrogen-bond acceptors (Lipinski definition) is 3. The number of carboxylic acids is 2. The lowest BCUT2D eigenvalue weighted by Crippen LogP contribution is -2.03. The van der Waals surface area contributed by atoms with Crippen LogP contribution in [0.4, 0.5) is 0 Å². The summed E-state index contributed by atoms with van der Waals surface area (Å²) in [6.07, 6.45) is 0.341. The molecule has 0 fully saturated rings. The van der Waals surface area contributed by atoms with Crippen molar-refractivity contribution < 1.29 is 24.6 Å². The number of rotatable bonds is 2. The molecule has 0 aliphatic heterocycles. The second kappa shape index (κ2) is 4.75. The van der Waals surface area contributed by atoms with E-state index in [1.54, 1.807) is 0 Å². The van der Waals surface area contributed by atoms with Crippen molar-refractivity contribution in [3.05, 3.63) is 34.9 Å². The van der Waals surface area contributed by atoms with E-state index in [1.165, 1.54) is 12.1 Å². The van der Waals surface area contributed by atoms with Crippen LogP contribution in [-0.2, 0) is 4.79 Å². The highest BCUT2D eigenvalue weighted by Gasteiger charge is 2.10. The molecular weight excluding hydrogens is 212 g/mol. The monoisotopic (exact) mass is 218 g/mol. The first-order valence-electron chi connectivity index (χ1n) is 4.11. The minimum atomic E-state index is -1.25. The summed E-state index contributed by atoms with van der Waals surface area (Å²) in [6.45, 7) is 0. The first-order valence-corrected chi connectivity index (χ1v) is 4.11. The Bertz CT molecular complexity index is 487. The Morgan fingerprint density at radius 1 is 1.06 bits per heavy atom. The highest BCUT2D eigenvalue weighted by Crippen LogP contribution is 2.10. The lowest BCUT2D eigenvalue weighted by atomic mass is 10.1. The molecule has 0 saturated heterocycles. The summed E-state index contributed by atoms with van der Waals surface area (Å²) in [4.78, 5) is 31.4. The van der Waals surface area contributed by atoms with Crippen molar-refractivity contribution in [3.8, 4) is 11.8 Å². The van der Waals surface area contributed by atoms with Gasteiger partial charge in [0.2, 0.25) is 0 Å². The molecule has 0 radical (unpaired) electrons. The fourth-order valence-electron chi connectivity index (χ4n) is 1.06. The van der Waals surface area contributed by atoms with Crippen LogP contribution in [0.25, 0.3) is 0 Å². The third kappa shape index (κ3) is 2.69. The molecule has 80 valence electrons. The van der Waals surface area contributed by atoms with Crippen LogP contribution in [0, 0.1) is 11.8 Å². The predicted octanol–water partition coefficient (Wildman–Crippen LogP) is 0.633. The summed E-state index contributed by atoms with van der Waals surface area (Å²) in [5.74, 6) is 1.92. The maximum Gasteiger partial charge on any atom is 0.335 e. The van der Waals surface area contributed by atoms with Gasteiger partial charge in [-0.3, -0.25) is 4.79 Å². The van der Waals surface area contributed by atoms with E-state index in [-0.39, 0.29) is 16.7 Å². The topological polar surface area (TPSA) is 91.7 Å². The smallest absolute Gasteiger partial charge is 0.335 e. The summed E-state index contributed by atoms with van der Waals surface area (Å²) >= 11 is 0. The molecule has 16 heavy (non-hydrogen) atoms. The molecule has 0 unspecified atom stereocenters. The SMILES string of the molecule is O=CC#Cc1cc(C(=O)O)cc(C(=O)O)c1. The molecule has 1 aromatic carbocycles. The maximum absolute atomic E-state index is 10.7. The van der Waals surface area contributed by atoms with Gasteiger partial charge in [-0.2, -0.15) is 0 Å². The Labute approximate surface area is 90.3 Å². The number of hydrogen-bond donors (Lipinski definition) is 2. The molecular formula is C11H6O5. The van der Waals surface area contributed by atoms with E-state index < -0.39 is 11.9 Å². The van der Waals surface area contributed by atoms with Gasteiger partial charge in [-0.25, -0.2) is 9.59 Å². The van der Waals surface area contributed by atoms with E-state index in [9.17, 15) is 14.4 Å². The van der Waals surface area contributed by atoms with Gasteiger partial charge in [-0.1, -0.05) is 5.92 Å². The van der Waals surface area contributed by atoms with Crippen LogP contribution in [0.1, 0.15) is 26.3 Å². The molecule has 0 heterocycles. The number of carbonyl (C=O) groups excluding carboxylic acids is 1. The van der Waals surface area contributed by atoms with Crippen LogP contribution in [0.2, 0.25) is 0 Å². The van der Waals surface area contributed by atoms with Gasteiger partial charge in [0.25, 0.3) is 0 Å². The summed E-state index contributed by atoms with van der Waals surface area (Å²) < 4.78 is 0. The fourth-order valence-corrected chi connectivity index (χ4v) is 1.06. The lowest BCUT2D eigenvalue weighted by Gasteiger charge is -1.99. The van der Waals surface area contributed by atoms with Crippen molar-refractivity contribution in [1.82, 2.24) is 0 Å². The van der Waals surface area contributed by atoms with Gasteiger partial charge >= 0.3 is 11.9 Å². The van der Waals surface area contributed by atoms with Crippen molar-refractivity contribution in [3.63, 3.8) is 0 Å². The van der Waals surface area contributed by atoms with Crippen LogP contribution >= 0.6 is 0 Å². The van der Waals surface area contributed by atoms with E-state index in [0.29, 0.717) is 6.29 Å². The maximum atomic E-state index is 10.7. The summed E-state index contributed by atoms with van der Waals surface area (Å²) in [7, 11) is 0. The van der Waals surface area contributed by atoms with E-state index in [2.05, 4.69) is 11.8 Å². The second-order valence-corrected chi connectivity index (χ2v) is 2.80. The average molecular weight is 218 g/mol. The Balaban J connectivity index is 3.34. The molecule has 0 saturated carbocycles. The van der Waals surface area contributed by atoms with Gasteiger partial charge in [0.05, 0.1) is 11.1 Å². The van der Waals surface area contributed by atoms with Gasteiger partial charge in [0, 0.05) is 5.56 Å². The second-order valence-electron chi connectivity index (χ2n) is 2.80. The Hall–Kier alpha value is -2.61. The van der Waals surface area contributed by atoms with Crippen molar-refractivity contribution in [2.75, 3.05) is 0 Å². The van der Waals surface area contributed by atoms with E-state index >= 15 is 0 Å². The number of aldehydes is 1. The fraction of sp³-hybridized carbons (Fsp3) is 0. The Morgan fingerprint density at radius 2 is 1.56 bits per heavy atom. The van der Waals surface area contributed by atoms with Crippen LogP contribution in [0.5, 0.6) is 0 Å². The molecule has 0 aliphatic rings. The van der Waals surface area contributed by atoms with E-state index in [1.807, 2.05) is 0 Å². The predicted molar refractivity (Wildman–Crippen MR) is 53.3 cm³/mol. The molecule has 1 rings (SSSR count). The number of benzene rings is 1.